The minimum Gasteiger partial charge on any atom is -0.379 e. The molecule has 0 aliphatic carbocycles. The summed E-state index contributed by atoms with van der Waals surface area (Å²) in [5.74, 6) is 0.480. The molecule has 0 aromatic carbocycles. The molecule has 5 heteroatoms. The number of nitrogens with zero attached hydrogens (tertiary/aromatic N) is 2. The van der Waals surface area contributed by atoms with E-state index in [1.54, 1.807) is 6.92 Å². The van der Waals surface area contributed by atoms with Gasteiger partial charge in [-0.15, -0.1) is 0 Å². The largest absolute Gasteiger partial charge is 0.379 e. The lowest BCUT2D eigenvalue weighted by atomic mass is 10.0. The molecule has 1 aromatic rings. The van der Waals surface area contributed by atoms with E-state index in [1.807, 2.05) is 0 Å². The van der Waals surface area contributed by atoms with Gasteiger partial charge in [0.2, 0.25) is 0 Å². The van der Waals surface area contributed by atoms with E-state index < -0.39 is 12.0 Å². The molecule has 3 nitrogen and oxygen atoms in total. The summed E-state index contributed by atoms with van der Waals surface area (Å²) in [5, 5.41) is 9.32. The Labute approximate surface area is 74.5 Å². The maximum absolute atomic E-state index is 12.3. The van der Waals surface area contributed by atoms with E-state index in [0.717, 1.165) is 6.92 Å². The fourth-order valence-corrected chi connectivity index (χ4v) is 0.780. The van der Waals surface area contributed by atoms with Crippen LogP contribution in [0.1, 0.15) is 18.3 Å². The molecular weight excluding hydrogens is 178 g/mol. The minimum atomic E-state index is -2.85. The van der Waals surface area contributed by atoms with Crippen molar-refractivity contribution in [2.45, 2.75) is 25.9 Å². The Morgan fingerprint density at radius 1 is 1.38 bits per heavy atom. The van der Waals surface area contributed by atoms with Crippen molar-refractivity contribution in [2.75, 3.05) is 0 Å². The zero-order valence-corrected chi connectivity index (χ0v) is 7.33. The first kappa shape index (κ1) is 9.98. The summed E-state index contributed by atoms with van der Waals surface area (Å²) in [6.45, 7) is 2.67. The Hall–Kier alpha value is -1.10. The molecule has 0 aliphatic heterocycles. The van der Waals surface area contributed by atoms with Gasteiger partial charge in [-0.25, -0.2) is 18.7 Å². The molecule has 1 aromatic heterocycles. The number of aromatic nitrogens is 2. The van der Waals surface area contributed by atoms with Crippen molar-refractivity contribution in [2.24, 2.45) is 0 Å². The van der Waals surface area contributed by atoms with Gasteiger partial charge < -0.3 is 5.11 Å². The second-order valence-corrected chi connectivity index (χ2v) is 2.97. The third-order valence-electron chi connectivity index (χ3n) is 1.79. The quantitative estimate of drug-likeness (QED) is 0.759. The van der Waals surface area contributed by atoms with E-state index in [-0.39, 0.29) is 5.56 Å². The van der Waals surface area contributed by atoms with Crippen LogP contribution in [0.5, 0.6) is 0 Å². The van der Waals surface area contributed by atoms with Crippen LogP contribution in [0.2, 0.25) is 0 Å². The van der Waals surface area contributed by atoms with Crippen LogP contribution in [0.25, 0.3) is 0 Å². The van der Waals surface area contributed by atoms with Crippen LogP contribution in [0.3, 0.4) is 0 Å². The van der Waals surface area contributed by atoms with Crippen LogP contribution in [0.4, 0.5) is 8.78 Å². The van der Waals surface area contributed by atoms with Crippen LogP contribution in [-0.2, 0) is 5.60 Å². The smallest absolute Gasteiger partial charge is 0.270 e. The highest BCUT2D eigenvalue weighted by atomic mass is 19.3. The lowest BCUT2D eigenvalue weighted by Gasteiger charge is -2.21. The standard InChI is InChI=1S/C8H10F2N2O/c1-5-11-3-6(4-12-5)8(2,13)7(9)10/h3-4,7,13H,1-2H3. The molecule has 13 heavy (non-hydrogen) atoms. The van der Waals surface area contributed by atoms with E-state index in [1.165, 1.54) is 12.4 Å². The highest BCUT2D eigenvalue weighted by Gasteiger charge is 2.34. The lowest BCUT2D eigenvalue weighted by Crippen LogP contribution is -2.30. The van der Waals surface area contributed by atoms with E-state index in [4.69, 9.17) is 0 Å². The van der Waals surface area contributed by atoms with Crippen LogP contribution < -0.4 is 0 Å². The maximum atomic E-state index is 12.3. The van der Waals surface area contributed by atoms with E-state index in [9.17, 15) is 13.9 Å². The first-order valence-corrected chi connectivity index (χ1v) is 3.74. The maximum Gasteiger partial charge on any atom is 0.270 e. The average Bonchev–Trinajstić information content (AvgIpc) is 2.04. The Morgan fingerprint density at radius 2 is 1.85 bits per heavy atom. The molecule has 0 radical (unpaired) electrons. The first-order valence-electron chi connectivity index (χ1n) is 3.74. The Bertz CT molecular complexity index is 285. The number of hydrogen-bond acceptors (Lipinski definition) is 3. The summed E-state index contributed by atoms with van der Waals surface area (Å²) < 4.78 is 24.6. The van der Waals surface area contributed by atoms with Gasteiger partial charge in [-0.3, -0.25) is 0 Å². The molecule has 0 fully saturated rings. The van der Waals surface area contributed by atoms with Gasteiger partial charge in [0, 0.05) is 18.0 Å². The van der Waals surface area contributed by atoms with Gasteiger partial charge in [-0.1, -0.05) is 0 Å². The molecule has 0 amide bonds. The van der Waals surface area contributed by atoms with Crippen LogP contribution in [0.15, 0.2) is 12.4 Å². The van der Waals surface area contributed by atoms with Gasteiger partial charge >= 0.3 is 0 Å². The highest BCUT2D eigenvalue weighted by Crippen LogP contribution is 2.26. The monoisotopic (exact) mass is 188 g/mol. The van der Waals surface area contributed by atoms with E-state index in [2.05, 4.69) is 9.97 Å². The molecule has 0 saturated carbocycles. The summed E-state index contributed by atoms with van der Waals surface area (Å²) >= 11 is 0. The van der Waals surface area contributed by atoms with Gasteiger partial charge in [0.05, 0.1) is 0 Å². The Morgan fingerprint density at radius 3 is 2.23 bits per heavy atom. The van der Waals surface area contributed by atoms with Crippen molar-refractivity contribution in [3.8, 4) is 0 Å². The number of halogens is 2. The van der Waals surface area contributed by atoms with Gasteiger partial charge in [0.1, 0.15) is 5.82 Å². The van der Waals surface area contributed by atoms with Crippen LogP contribution in [-0.4, -0.2) is 21.5 Å². The van der Waals surface area contributed by atoms with Crippen molar-refractivity contribution in [3.05, 3.63) is 23.8 Å². The van der Waals surface area contributed by atoms with Crippen molar-refractivity contribution < 1.29 is 13.9 Å². The molecule has 0 spiro atoms. The molecule has 72 valence electrons. The summed E-state index contributed by atoms with van der Waals surface area (Å²) in [7, 11) is 0. The van der Waals surface area contributed by atoms with Crippen molar-refractivity contribution in [1.82, 2.24) is 9.97 Å². The van der Waals surface area contributed by atoms with Gasteiger partial charge in [-0.05, 0) is 13.8 Å². The third kappa shape index (κ3) is 1.98. The predicted molar refractivity (Wildman–Crippen MR) is 42.3 cm³/mol. The van der Waals surface area contributed by atoms with Crippen molar-refractivity contribution in [1.29, 1.82) is 0 Å². The molecule has 1 unspecified atom stereocenters. The predicted octanol–water partition coefficient (Wildman–Crippen LogP) is 1.26. The third-order valence-corrected chi connectivity index (χ3v) is 1.79. The van der Waals surface area contributed by atoms with Gasteiger partial charge in [-0.2, -0.15) is 0 Å². The Balaban J connectivity index is 3.01. The average molecular weight is 188 g/mol. The number of hydrogen-bond donors (Lipinski definition) is 1. The van der Waals surface area contributed by atoms with Crippen molar-refractivity contribution in [3.63, 3.8) is 0 Å². The number of aryl methyl sites for hydroxylation is 1. The molecule has 0 aliphatic rings. The normalized spacial score (nSPS) is 15.8. The van der Waals surface area contributed by atoms with Gasteiger partial charge in [0.25, 0.3) is 6.43 Å². The fraction of sp³-hybridized carbons (Fsp3) is 0.500. The molecule has 1 heterocycles. The SMILES string of the molecule is Cc1ncc(C(C)(O)C(F)F)cn1. The van der Waals surface area contributed by atoms with E-state index in [0.29, 0.717) is 5.82 Å². The first-order chi connectivity index (χ1) is 5.94. The fourth-order valence-electron chi connectivity index (χ4n) is 0.780. The van der Waals surface area contributed by atoms with Crippen LogP contribution in [0, 0.1) is 6.92 Å². The minimum absolute atomic E-state index is 0.0214. The molecule has 1 N–H and O–H groups in total. The molecule has 0 saturated heterocycles. The number of aliphatic hydroxyl groups is 1. The zero-order chi connectivity index (χ0) is 10.1. The molecule has 1 atom stereocenters. The van der Waals surface area contributed by atoms with Crippen LogP contribution >= 0.6 is 0 Å². The Kier molecular flexibility index (Phi) is 2.56. The number of alkyl halides is 2. The summed E-state index contributed by atoms with van der Waals surface area (Å²) in [4.78, 5) is 7.45. The van der Waals surface area contributed by atoms with Gasteiger partial charge in [0.15, 0.2) is 5.60 Å². The summed E-state index contributed by atoms with van der Waals surface area (Å²) in [6.07, 6.45) is -0.443. The molecule has 0 bridgehead atoms. The van der Waals surface area contributed by atoms with E-state index >= 15 is 0 Å². The highest BCUT2D eigenvalue weighted by molar-refractivity contribution is 5.14. The number of rotatable bonds is 2. The summed E-state index contributed by atoms with van der Waals surface area (Å²) in [5.41, 5.74) is -2.15. The zero-order valence-electron chi connectivity index (χ0n) is 7.33. The second-order valence-electron chi connectivity index (χ2n) is 2.97. The summed E-state index contributed by atoms with van der Waals surface area (Å²) in [6, 6.07) is 0. The lowest BCUT2D eigenvalue weighted by molar-refractivity contribution is -0.0887. The second kappa shape index (κ2) is 3.33. The molecule has 1 rings (SSSR count). The van der Waals surface area contributed by atoms with Crippen molar-refractivity contribution >= 4 is 0 Å². The topological polar surface area (TPSA) is 46.0 Å². The molecular formula is C8H10F2N2O.